The smallest absolute Gasteiger partial charge is 0.0817 e. The molecule has 1 heterocycles. The highest BCUT2D eigenvalue weighted by Crippen LogP contribution is 2.18. The molecule has 1 atom stereocenters. The lowest BCUT2D eigenvalue weighted by atomic mass is 9.98. The first-order valence-corrected chi connectivity index (χ1v) is 6.83. The normalized spacial score (nSPS) is 13.3. The molecule has 1 aromatic heterocycles. The standard InChI is InChI=1S/C13H24ClN3/c1-5-8-15-12(10(2)3)6-7-13-11(14)9-16-17(13)4/h9-10,12,15H,5-8H2,1-4H3. The van der Waals surface area contributed by atoms with E-state index in [-0.39, 0.29) is 0 Å². The predicted molar refractivity (Wildman–Crippen MR) is 73.5 cm³/mol. The first kappa shape index (κ1) is 14.5. The van der Waals surface area contributed by atoms with Gasteiger partial charge in [-0.2, -0.15) is 5.10 Å². The first-order valence-electron chi connectivity index (χ1n) is 6.46. The average Bonchev–Trinajstić information content (AvgIpc) is 2.59. The van der Waals surface area contributed by atoms with Crippen molar-refractivity contribution >= 4 is 11.6 Å². The molecule has 0 amide bonds. The second-order valence-electron chi connectivity index (χ2n) is 4.91. The van der Waals surface area contributed by atoms with Gasteiger partial charge in [-0.25, -0.2) is 0 Å². The molecule has 4 heteroatoms. The molecule has 0 saturated carbocycles. The molecule has 17 heavy (non-hydrogen) atoms. The van der Waals surface area contributed by atoms with Gasteiger partial charge in [0.05, 0.1) is 16.9 Å². The van der Waals surface area contributed by atoms with Gasteiger partial charge < -0.3 is 5.32 Å². The number of aryl methyl sites for hydroxylation is 1. The van der Waals surface area contributed by atoms with Crippen LogP contribution in [0.2, 0.25) is 5.02 Å². The van der Waals surface area contributed by atoms with E-state index in [1.165, 1.54) is 6.42 Å². The zero-order valence-electron chi connectivity index (χ0n) is 11.3. The van der Waals surface area contributed by atoms with Crippen LogP contribution in [-0.4, -0.2) is 22.4 Å². The maximum Gasteiger partial charge on any atom is 0.0817 e. The number of hydrogen-bond donors (Lipinski definition) is 1. The van der Waals surface area contributed by atoms with Gasteiger partial charge in [-0.3, -0.25) is 4.68 Å². The van der Waals surface area contributed by atoms with Crippen LogP contribution >= 0.6 is 11.6 Å². The van der Waals surface area contributed by atoms with Gasteiger partial charge in [-0.1, -0.05) is 32.4 Å². The number of rotatable bonds is 7. The van der Waals surface area contributed by atoms with Crippen molar-refractivity contribution in [2.24, 2.45) is 13.0 Å². The summed E-state index contributed by atoms with van der Waals surface area (Å²) in [6, 6.07) is 0.556. The summed E-state index contributed by atoms with van der Waals surface area (Å²) in [7, 11) is 1.95. The lowest BCUT2D eigenvalue weighted by Gasteiger charge is -2.22. The Morgan fingerprint density at radius 3 is 2.65 bits per heavy atom. The van der Waals surface area contributed by atoms with Gasteiger partial charge in [0.1, 0.15) is 0 Å². The van der Waals surface area contributed by atoms with Crippen LogP contribution in [0.1, 0.15) is 39.3 Å². The minimum atomic E-state index is 0.556. The summed E-state index contributed by atoms with van der Waals surface area (Å²) in [5, 5.41) is 8.55. The topological polar surface area (TPSA) is 29.9 Å². The summed E-state index contributed by atoms with van der Waals surface area (Å²) < 4.78 is 1.87. The quantitative estimate of drug-likeness (QED) is 0.814. The van der Waals surface area contributed by atoms with Crippen molar-refractivity contribution in [2.75, 3.05) is 6.54 Å². The summed E-state index contributed by atoms with van der Waals surface area (Å²) in [6.45, 7) is 7.81. The van der Waals surface area contributed by atoms with Crippen LogP contribution in [0.25, 0.3) is 0 Å². The van der Waals surface area contributed by atoms with Gasteiger partial charge >= 0.3 is 0 Å². The monoisotopic (exact) mass is 257 g/mol. The van der Waals surface area contributed by atoms with E-state index >= 15 is 0 Å². The molecular weight excluding hydrogens is 234 g/mol. The Morgan fingerprint density at radius 1 is 1.47 bits per heavy atom. The highest BCUT2D eigenvalue weighted by atomic mass is 35.5. The van der Waals surface area contributed by atoms with E-state index in [9.17, 15) is 0 Å². The lowest BCUT2D eigenvalue weighted by Crippen LogP contribution is -2.34. The molecule has 1 aromatic rings. The Morgan fingerprint density at radius 2 is 2.18 bits per heavy atom. The van der Waals surface area contributed by atoms with Crippen molar-refractivity contribution in [3.63, 3.8) is 0 Å². The van der Waals surface area contributed by atoms with E-state index in [0.29, 0.717) is 12.0 Å². The molecule has 1 unspecified atom stereocenters. The van der Waals surface area contributed by atoms with E-state index in [0.717, 1.165) is 30.1 Å². The van der Waals surface area contributed by atoms with Crippen molar-refractivity contribution < 1.29 is 0 Å². The van der Waals surface area contributed by atoms with Crippen LogP contribution in [-0.2, 0) is 13.5 Å². The zero-order valence-corrected chi connectivity index (χ0v) is 12.1. The molecule has 0 aliphatic heterocycles. The van der Waals surface area contributed by atoms with E-state index in [2.05, 4.69) is 31.2 Å². The van der Waals surface area contributed by atoms with Crippen molar-refractivity contribution in [1.82, 2.24) is 15.1 Å². The fraction of sp³-hybridized carbons (Fsp3) is 0.769. The number of hydrogen-bond acceptors (Lipinski definition) is 2. The molecule has 1 rings (SSSR count). The Balaban J connectivity index is 2.51. The maximum atomic E-state index is 6.11. The third-order valence-electron chi connectivity index (χ3n) is 3.16. The lowest BCUT2D eigenvalue weighted by molar-refractivity contribution is 0.375. The summed E-state index contributed by atoms with van der Waals surface area (Å²) in [6.07, 6.45) is 4.99. The second-order valence-corrected chi connectivity index (χ2v) is 5.31. The number of halogens is 1. The highest BCUT2D eigenvalue weighted by Gasteiger charge is 2.14. The fourth-order valence-corrected chi connectivity index (χ4v) is 2.27. The van der Waals surface area contributed by atoms with Gasteiger partial charge in [-0.15, -0.1) is 0 Å². The number of aromatic nitrogens is 2. The number of nitrogens with one attached hydrogen (secondary N) is 1. The van der Waals surface area contributed by atoms with Crippen molar-refractivity contribution in [1.29, 1.82) is 0 Å². The summed E-state index contributed by atoms with van der Waals surface area (Å²) >= 11 is 6.11. The van der Waals surface area contributed by atoms with Crippen LogP contribution in [0.15, 0.2) is 6.20 Å². The third kappa shape index (κ3) is 4.32. The zero-order chi connectivity index (χ0) is 12.8. The molecule has 0 aromatic carbocycles. The predicted octanol–water partition coefficient (Wildman–Crippen LogP) is 3.03. The van der Waals surface area contributed by atoms with Crippen LogP contribution in [0, 0.1) is 5.92 Å². The van der Waals surface area contributed by atoms with Crippen LogP contribution in [0.5, 0.6) is 0 Å². The average molecular weight is 258 g/mol. The van der Waals surface area contributed by atoms with E-state index in [4.69, 9.17) is 11.6 Å². The molecular formula is C13H24ClN3. The molecule has 0 radical (unpaired) electrons. The van der Waals surface area contributed by atoms with Gasteiger partial charge in [0.2, 0.25) is 0 Å². The van der Waals surface area contributed by atoms with Gasteiger partial charge in [0.25, 0.3) is 0 Å². The molecule has 0 bridgehead atoms. The van der Waals surface area contributed by atoms with Crippen LogP contribution in [0.4, 0.5) is 0 Å². The van der Waals surface area contributed by atoms with E-state index in [1.54, 1.807) is 6.20 Å². The summed E-state index contributed by atoms with van der Waals surface area (Å²) in [5.74, 6) is 0.647. The second kappa shape index (κ2) is 7.02. The minimum Gasteiger partial charge on any atom is -0.314 e. The van der Waals surface area contributed by atoms with Crippen LogP contribution in [0.3, 0.4) is 0 Å². The van der Waals surface area contributed by atoms with Crippen molar-refractivity contribution in [3.05, 3.63) is 16.9 Å². The Kier molecular flexibility index (Phi) is 6.00. The largest absolute Gasteiger partial charge is 0.314 e. The molecule has 0 aliphatic rings. The molecule has 3 nitrogen and oxygen atoms in total. The van der Waals surface area contributed by atoms with Gasteiger partial charge in [-0.05, 0) is 31.7 Å². The van der Waals surface area contributed by atoms with Crippen LogP contribution < -0.4 is 5.32 Å². The summed E-state index contributed by atoms with van der Waals surface area (Å²) in [4.78, 5) is 0. The number of nitrogens with zero attached hydrogens (tertiary/aromatic N) is 2. The first-order chi connectivity index (χ1) is 8.06. The maximum absolute atomic E-state index is 6.11. The Hall–Kier alpha value is -0.540. The molecule has 0 saturated heterocycles. The minimum absolute atomic E-state index is 0.556. The molecule has 1 N–H and O–H groups in total. The van der Waals surface area contributed by atoms with E-state index < -0.39 is 0 Å². The van der Waals surface area contributed by atoms with Crippen molar-refractivity contribution in [2.45, 2.75) is 46.1 Å². The fourth-order valence-electron chi connectivity index (χ4n) is 2.01. The Labute approximate surface area is 110 Å². The molecule has 0 fully saturated rings. The molecule has 0 aliphatic carbocycles. The molecule has 98 valence electrons. The summed E-state index contributed by atoms with van der Waals surface area (Å²) in [5.41, 5.74) is 1.13. The highest BCUT2D eigenvalue weighted by molar-refractivity contribution is 6.31. The van der Waals surface area contributed by atoms with Gasteiger partial charge in [0.15, 0.2) is 0 Å². The SMILES string of the molecule is CCCNC(CCc1c(Cl)cnn1C)C(C)C. The Bertz CT molecular complexity index is 314. The van der Waals surface area contributed by atoms with E-state index in [1.807, 2.05) is 11.7 Å². The van der Waals surface area contributed by atoms with Gasteiger partial charge in [0, 0.05) is 13.1 Å². The van der Waals surface area contributed by atoms with Crippen molar-refractivity contribution in [3.8, 4) is 0 Å². The molecule has 0 spiro atoms. The third-order valence-corrected chi connectivity index (χ3v) is 3.48.